The minimum Gasteiger partial charge on any atom is -0.451 e. The van der Waals surface area contributed by atoms with Crippen molar-refractivity contribution >= 4 is 54.4 Å². The number of furan rings is 1. The fourth-order valence-corrected chi connectivity index (χ4v) is 6.48. The van der Waals surface area contributed by atoms with Crippen molar-refractivity contribution < 1.29 is 4.42 Å². The van der Waals surface area contributed by atoms with Gasteiger partial charge in [-0.15, -0.1) is 0 Å². The first-order valence-corrected chi connectivity index (χ1v) is 14.5. The number of benzene rings is 7. The van der Waals surface area contributed by atoms with Gasteiger partial charge in [-0.05, 0) is 44.1 Å². The van der Waals surface area contributed by atoms with E-state index >= 15 is 0 Å². The van der Waals surface area contributed by atoms with Crippen molar-refractivity contribution in [2.24, 2.45) is 0 Å². The molecule has 0 aliphatic carbocycles. The summed E-state index contributed by atoms with van der Waals surface area (Å²) in [6.07, 6.45) is 0. The molecular formula is C40H24N2O. The van der Waals surface area contributed by atoms with E-state index in [9.17, 15) is 0 Å². The van der Waals surface area contributed by atoms with E-state index in [1.807, 2.05) is 6.07 Å². The minimum absolute atomic E-state index is 0.674. The maximum Gasteiger partial charge on any atom is 0.180 e. The van der Waals surface area contributed by atoms with Crippen molar-refractivity contribution in [2.45, 2.75) is 0 Å². The Hall–Kier alpha value is -5.80. The van der Waals surface area contributed by atoms with Gasteiger partial charge in [0.05, 0.1) is 5.39 Å². The van der Waals surface area contributed by atoms with Crippen molar-refractivity contribution in [1.29, 1.82) is 0 Å². The fraction of sp³-hybridized carbons (Fsp3) is 0. The zero-order valence-electron chi connectivity index (χ0n) is 23.2. The highest BCUT2D eigenvalue weighted by Crippen LogP contribution is 2.44. The van der Waals surface area contributed by atoms with E-state index in [0.717, 1.165) is 66.0 Å². The molecule has 0 aliphatic rings. The molecule has 0 saturated heterocycles. The smallest absolute Gasteiger partial charge is 0.180 e. The standard InChI is InChI=1S/C40H24N2O/c1-2-12-25(13-3-1)27-16-10-17-28(24-27)40-41-36(33-23-11-15-26-14-4-5-18-29(26)33)39-37(42-40)35-32-21-8-6-19-30(32)31-20-7-9-22-34(31)38(35)43-39/h1-24H. The zero-order valence-corrected chi connectivity index (χ0v) is 23.2. The Labute approximate surface area is 247 Å². The second-order valence-corrected chi connectivity index (χ2v) is 10.9. The largest absolute Gasteiger partial charge is 0.451 e. The van der Waals surface area contributed by atoms with Crippen LogP contribution in [0, 0.1) is 0 Å². The predicted molar refractivity (Wildman–Crippen MR) is 178 cm³/mol. The van der Waals surface area contributed by atoms with Gasteiger partial charge >= 0.3 is 0 Å². The van der Waals surface area contributed by atoms with Crippen LogP contribution in [0.4, 0.5) is 0 Å². The monoisotopic (exact) mass is 548 g/mol. The van der Waals surface area contributed by atoms with Gasteiger partial charge in [-0.25, -0.2) is 9.97 Å². The van der Waals surface area contributed by atoms with Crippen LogP contribution in [0.25, 0.3) is 88.2 Å². The lowest BCUT2D eigenvalue weighted by Crippen LogP contribution is -1.95. The molecule has 3 heteroatoms. The highest BCUT2D eigenvalue weighted by molar-refractivity contribution is 6.30. The second-order valence-electron chi connectivity index (χ2n) is 10.9. The Morgan fingerprint density at radius 2 is 1.02 bits per heavy atom. The first kappa shape index (κ1) is 23.9. The summed E-state index contributed by atoms with van der Waals surface area (Å²) < 4.78 is 6.87. The summed E-state index contributed by atoms with van der Waals surface area (Å²) >= 11 is 0. The van der Waals surface area contributed by atoms with Gasteiger partial charge in [-0.3, -0.25) is 0 Å². The third-order valence-corrected chi connectivity index (χ3v) is 8.46. The molecule has 0 saturated carbocycles. The van der Waals surface area contributed by atoms with Gasteiger partial charge in [0.25, 0.3) is 0 Å². The SMILES string of the molecule is c1ccc(-c2cccc(-c3nc(-c4cccc5ccccc45)c4oc5c6ccccc6c6ccccc6c5c4n3)c2)cc1. The summed E-state index contributed by atoms with van der Waals surface area (Å²) in [7, 11) is 0. The molecule has 3 nitrogen and oxygen atoms in total. The molecule has 9 aromatic rings. The number of fused-ring (bicyclic) bond motifs is 9. The zero-order chi connectivity index (χ0) is 28.3. The quantitative estimate of drug-likeness (QED) is 0.206. The first-order valence-electron chi connectivity index (χ1n) is 14.5. The van der Waals surface area contributed by atoms with Gasteiger partial charge in [-0.1, -0.05) is 140 Å². The predicted octanol–water partition coefficient (Wildman–Crippen LogP) is 10.8. The van der Waals surface area contributed by atoms with Crippen molar-refractivity contribution in [2.75, 3.05) is 0 Å². The van der Waals surface area contributed by atoms with E-state index in [0.29, 0.717) is 11.4 Å². The molecule has 2 aromatic heterocycles. The number of hydrogen-bond acceptors (Lipinski definition) is 3. The molecule has 7 aromatic carbocycles. The Morgan fingerprint density at radius 1 is 0.419 bits per heavy atom. The van der Waals surface area contributed by atoms with Crippen molar-refractivity contribution in [3.05, 3.63) is 146 Å². The first-order chi connectivity index (χ1) is 21.3. The summed E-state index contributed by atoms with van der Waals surface area (Å²) in [6.45, 7) is 0. The van der Waals surface area contributed by atoms with Crippen LogP contribution >= 0.6 is 0 Å². The van der Waals surface area contributed by atoms with Gasteiger partial charge in [0, 0.05) is 16.5 Å². The highest BCUT2D eigenvalue weighted by atomic mass is 16.3. The lowest BCUT2D eigenvalue weighted by Gasteiger charge is -2.10. The summed E-state index contributed by atoms with van der Waals surface area (Å²) in [5, 5.41) is 7.86. The van der Waals surface area contributed by atoms with E-state index in [1.54, 1.807) is 0 Å². The minimum atomic E-state index is 0.674. The van der Waals surface area contributed by atoms with E-state index in [2.05, 4.69) is 140 Å². The number of rotatable bonds is 3. The maximum absolute atomic E-state index is 6.87. The van der Waals surface area contributed by atoms with E-state index < -0.39 is 0 Å². The van der Waals surface area contributed by atoms with Gasteiger partial charge in [0.1, 0.15) is 16.8 Å². The van der Waals surface area contributed by atoms with E-state index in [-0.39, 0.29) is 0 Å². The highest BCUT2D eigenvalue weighted by Gasteiger charge is 2.23. The molecule has 0 spiro atoms. The lowest BCUT2D eigenvalue weighted by molar-refractivity contribution is 0.671. The average Bonchev–Trinajstić information content (AvgIpc) is 3.48. The van der Waals surface area contributed by atoms with Gasteiger partial charge < -0.3 is 4.42 Å². The average molecular weight is 549 g/mol. The molecule has 2 heterocycles. The molecule has 0 unspecified atom stereocenters. The number of hydrogen-bond donors (Lipinski definition) is 0. The van der Waals surface area contributed by atoms with E-state index in [4.69, 9.17) is 14.4 Å². The summed E-state index contributed by atoms with van der Waals surface area (Å²) in [4.78, 5) is 10.6. The van der Waals surface area contributed by atoms with Gasteiger partial charge in [-0.2, -0.15) is 0 Å². The summed E-state index contributed by atoms with van der Waals surface area (Å²) in [5.74, 6) is 0.674. The molecule has 0 bridgehead atoms. The van der Waals surface area contributed by atoms with Crippen LogP contribution in [0.15, 0.2) is 150 Å². The van der Waals surface area contributed by atoms with Crippen molar-refractivity contribution in [3.63, 3.8) is 0 Å². The van der Waals surface area contributed by atoms with Gasteiger partial charge in [0.2, 0.25) is 0 Å². The maximum atomic E-state index is 6.87. The molecule has 9 rings (SSSR count). The van der Waals surface area contributed by atoms with Crippen LogP contribution in [-0.4, -0.2) is 9.97 Å². The molecular weight excluding hydrogens is 524 g/mol. The molecule has 43 heavy (non-hydrogen) atoms. The van der Waals surface area contributed by atoms with Crippen LogP contribution in [-0.2, 0) is 0 Å². The molecule has 0 amide bonds. The topological polar surface area (TPSA) is 38.9 Å². The second kappa shape index (κ2) is 9.37. The number of aromatic nitrogens is 2. The van der Waals surface area contributed by atoms with Crippen molar-refractivity contribution in [1.82, 2.24) is 9.97 Å². The number of nitrogens with zero attached hydrogens (tertiary/aromatic N) is 2. The lowest BCUT2D eigenvalue weighted by atomic mass is 9.97. The van der Waals surface area contributed by atoms with E-state index in [1.165, 1.54) is 10.8 Å². The van der Waals surface area contributed by atoms with Gasteiger partial charge in [0.15, 0.2) is 11.4 Å². The van der Waals surface area contributed by atoms with Crippen LogP contribution < -0.4 is 0 Å². The Balaban J connectivity index is 1.44. The molecule has 0 fully saturated rings. The summed E-state index contributed by atoms with van der Waals surface area (Å²) in [5.41, 5.74) is 7.45. The third kappa shape index (κ3) is 3.68. The van der Waals surface area contributed by atoms with Crippen LogP contribution in [0.3, 0.4) is 0 Å². The molecule has 0 N–H and O–H groups in total. The Bertz CT molecular complexity index is 2500. The molecule has 0 atom stereocenters. The van der Waals surface area contributed by atoms with Crippen LogP contribution in [0.2, 0.25) is 0 Å². The van der Waals surface area contributed by atoms with Crippen molar-refractivity contribution in [3.8, 4) is 33.8 Å². The molecule has 0 aliphatic heterocycles. The molecule has 200 valence electrons. The summed E-state index contributed by atoms with van der Waals surface area (Å²) in [6, 6.07) is 50.8. The fourth-order valence-electron chi connectivity index (χ4n) is 6.48. The Kier molecular flexibility index (Phi) is 5.20. The van der Waals surface area contributed by atoms with Crippen LogP contribution in [0.5, 0.6) is 0 Å². The molecule has 0 radical (unpaired) electrons. The van der Waals surface area contributed by atoms with Crippen LogP contribution in [0.1, 0.15) is 0 Å². The Morgan fingerprint density at radius 3 is 1.86 bits per heavy atom. The third-order valence-electron chi connectivity index (χ3n) is 8.46. The normalized spacial score (nSPS) is 11.7.